The molecule has 0 atom stereocenters. The second-order valence-corrected chi connectivity index (χ2v) is 25.7. The third-order valence-electron chi connectivity index (χ3n) is 10.9. The molecule has 6 aromatic carbocycles. The lowest BCUT2D eigenvalue weighted by atomic mass is 10.0. The summed E-state index contributed by atoms with van der Waals surface area (Å²) in [5.41, 5.74) is 24.8. The van der Waals surface area contributed by atoms with Crippen molar-refractivity contribution in [2.45, 2.75) is 43.3 Å². The molecule has 0 spiro atoms. The van der Waals surface area contributed by atoms with E-state index in [4.69, 9.17) is 48.4 Å². The minimum absolute atomic E-state index is 0.0753. The molecule has 0 saturated heterocycles. The van der Waals surface area contributed by atoms with Crippen molar-refractivity contribution in [2.75, 3.05) is 17.2 Å². The maximum Gasteiger partial charge on any atom is 0.358 e. The van der Waals surface area contributed by atoms with Gasteiger partial charge in [-0.2, -0.15) is 0 Å². The van der Waals surface area contributed by atoms with Gasteiger partial charge in [-0.05, 0) is 53.8 Å². The van der Waals surface area contributed by atoms with Gasteiger partial charge in [0, 0.05) is 58.2 Å². The van der Waals surface area contributed by atoms with Crippen LogP contribution in [-0.2, 0) is 68.6 Å². The summed E-state index contributed by atoms with van der Waals surface area (Å²) in [6, 6.07) is 38.9. The Balaban J connectivity index is 0.000000238. The highest BCUT2D eigenvalue weighted by molar-refractivity contribution is 8.13. The first kappa shape index (κ1) is 68.3. The van der Waals surface area contributed by atoms with Gasteiger partial charge in [0.1, 0.15) is 5.69 Å². The molecule has 27 nitrogen and oxygen atoms in total. The van der Waals surface area contributed by atoms with Crippen LogP contribution in [0.4, 0.5) is 28.7 Å². The van der Waals surface area contributed by atoms with Crippen LogP contribution in [-0.4, -0.2) is 80.3 Å². The maximum atomic E-state index is 12.7. The summed E-state index contributed by atoms with van der Waals surface area (Å²) in [5.74, 6) is -2.48. The normalized spacial score (nSPS) is 11.1. The minimum atomic E-state index is -3.61. The highest BCUT2D eigenvalue weighted by atomic mass is 35.7. The van der Waals surface area contributed by atoms with Gasteiger partial charge in [-0.15, -0.1) is 0 Å². The number of halogens is 1. The Kier molecular flexibility index (Phi) is 24.4. The number of primary sulfonamides is 3. The lowest BCUT2D eigenvalue weighted by Gasteiger charge is -2.08. The minimum Gasteiger partial charge on any atom is -0.476 e. The number of sulfonamides is 3. The van der Waals surface area contributed by atoms with Gasteiger partial charge in [0.05, 0.1) is 56.6 Å². The summed E-state index contributed by atoms with van der Waals surface area (Å²) in [5, 5.41) is 44.1. The molecule has 0 aliphatic heterocycles. The summed E-state index contributed by atoms with van der Waals surface area (Å²) in [6.07, 6.45) is 3.08. The number of aromatic nitrogens is 4. The topological polar surface area (TPSA) is 485 Å². The van der Waals surface area contributed by atoms with E-state index in [0.29, 0.717) is 44.9 Å². The Hall–Kier alpha value is -9.21. The Labute approximate surface area is 492 Å². The van der Waals surface area contributed by atoms with Crippen LogP contribution in [0.2, 0.25) is 0 Å². The van der Waals surface area contributed by atoms with Gasteiger partial charge in [0.15, 0.2) is 23.1 Å². The number of aryl methyl sites for hydroxylation is 2. The standard InChI is InChI=1S/C20H20N4O3S.C12H11N3O2.C7H6ClNO4S.C7H8N2O4S.C7H10N2O2S/c1-13-2-8-16(9-3-13)17-11-23-20(21)19(24-17)18(25)10-14-4-6-15(7-5-14)12-28(22,26)27;1-7-2-4-8(5-3-7)9-6-14-11(13)10(15-9)12(16)17;2*8-14(12,13)5-6-1-3-7(4-2-6)9(10)11;8-7-3-1-6(2-4-7)5-12(9,10)11/h2-9,11H,10,12H2,1H3,(H2,21,23)(H2,22,26,27);2-6H,1H3,(H2,13,14)(H,16,17);1-4H,5H2;1-4H,5H2,(H2,8,12,13);1-4H,5,8H2,(H2,9,10,11). The van der Waals surface area contributed by atoms with Gasteiger partial charge < -0.3 is 22.3 Å². The van der Waals surface area contributed by atoms with Gasteiger partial charge in [0.25, 0.3) is 11.4 Å². The zero-order chi connectivity index (χ0) is 63.5. The van der Waals surface area contributed by atoms with Crippen molar-refractivity contribution < 1.29 is 58.2 Å². The van der Waals surface area contributed by atoms with Crippen LogP contribution >= 0.6 is 10.7 Å². The smallest absolute Gasteiger partial charge is 0.358 e. The number of nitro benzene ring substituents is 2. The second-order valence-electron chi connectivity index (χ2n) is 18.1. The van der Waals surface area contributed by atoms with E-state index < -0.39 is 54.9 Å². The molecule has 448 valence electrons. The number of nitrogens with two attached hydrogens (primary N) is 6. The summed E-state index contributed by atoms with van der Waals surface area (Å²) in [4.78, 5) is 59.3. The Bertz CT molecular complexity index is 4030. The number of non-ortho nitro benzene ring substituents is 2. The third kappa shape index (κ3) is 25.4. The summed E-state index contributed by atoms with van der Waals surface area (Å²) < 4.78 is 86.2. The van der Waals surface area contributed by atoms with E-state index >= 15 is 0 Å². The van der Waals surface area contributed by atoms with Crippen LogP contribution in [0.3, 0.4) is 0 Å². The van der Waals surface area contributed by atoms with Crippen LogP contribution in [0.15, 0.2) is 158 Å². The van der Waals surface area contributed by atoms with Crippen molar-refractivity contribution in [2.24, 2.45) is 15.4 Å². The average Bonchev–Trinajstić information content (AvgIpc) is 3.51. The van der Waals surface area contributed by atoms with Gasteiger partial charge in [0.2, 0.25) is 39.1 Å². The van der Waals surface area contributed by atoms with Gasteiger partial charge in [-0.25, -0.2) is 73.8 Å². The zero-order valence-corrected chi connectivity index (χ0v) is 48.9. The van der Waals surface area contributed by atoms with Crippen LogP contribution < -0.4 is 32.6 Å². The first-order valence-corrected chi connectivity index (χ1v) is 31.6. The fourth-order valence-electron chi connectivity index (χ4n) is 6.85. The molecule has 2 heterocycles. The van der Waals surface area contributed by atoms with E-state index in [1.165, 1.54) is 54.7 Å². The van der Waals surface area contributed by atoms with E-state index in [2.05, 4.69) is 19.9 Å². The SMILES string of the molecule is Cc1ccc(-c2cnc(N)c(C(=O)Cc3ccc(CS(N)(=O)=O)cc3)n2)cc1.Cc1ccc(-c2cnc(N)c(C(=O)O)n2)cc1.NS(=O)(=O)Cc1ccc([N+](=O)[O-])cc1.Nc1ccc(CS(N)(=O)=O)cc1.O=[N+]([O-])c1ccc(CS(=O)(=O)Cl)cc1. The first-order valence-electron chi connectivity index (χ1n) is 24.0. The molecule has 2 aromatic heterocycles. The summed E-state index contributed by atoms with van der Waals surface area (Å²) in [6.45, 7) is 3.96. The van der Waals surface area contributed by atoms with Crippen molar-refractivity contribution in [3.05, 3.63) is 229 Å². The van der Waals surface area contributed by atoms with Crippen molar-refractivity contribution in [3.8, 4) is 22.5 Å². The quantitative estimate of drug-likeness (QED) is 0.0189. The maximum absolute atomic E-state index is 12.7. The molecule has 0 amide bonds. The Morgan fingerprint density at radius 1 is 0.482 bits per heavy atom. The van der Waals surface area contributed by atoms with E-state index in [1.807, 2.05) is 62.4 Å². The second kappa shape index (κ2) is 30.4. The molecule has 0 aliphatic carbocycles. The number of aromatic carboxylic acids is 1. The molecule has 0 radical (unpaired) electrons. The summed E-state index contributed by atoms with van der Waals surface area (Å²) in [7, 11) is -9.21. The number of anilines is 3. The molecule has 85 heavy (non-hydrogen) atoms. The number of benzene rings is 6. The number of carbonyl (C=O) groups is 2. The number of rotatable bonds is 16. The van der Waals surface area contributed by atoms with E-state index in [9.17, 15) is 63.5 Å². The molecule has 32 heteroatoms. The number of carbonyl (C=O) groups excluding carboxylic acids is 1. The largest absolute Gasteiger partial charge is 0.476 e. The molecule has 0 saturated carbocycles. The predicted octanol–water partition coefficient (Wildman–Crippen LogP) is 6.08. The highest BCUT2D eigenvalue weighted by Crippen LogP contribution is 2.22. The van der Waals surface area contributed by atoms with E-state index in [1.54, 1.807) is 54.7 Å². The van der Waals surface area contributed by atoms with E-state index in [-0.39, 0.29) is 69.6 Å². The average molecular weight is 1260 g/mol. The van der Waals surface area contributed by atoms with Crippen LogP contribution in [0.25, 0.3) is 22.5 Å². The van der Waals surface area contributed by atoms with Crippen LogP contribution in [0, 0.1) is 34.1 Å². The van der Waals surface area contributed by atoms with Gasteiger partial charge in [-0.1, -0.05) is 120 Å². The Morgan fingerprint density at radius 2 is 0.788 bits per heavy atom. The molecule has 0 fully saturated rings. The van der Waals surface area contributed by atoms with Crippen molar-refractivity contribution in [3.63, 3.8) is 0 Å². The number of nitrogens with zero attached hydrogens (tertiary/aromatic N) is 6. The molecule has 0 aliphatic rings. The number of hydrogen-bond donors (Lipinski definition) is 7. The van der Waals surface area contributed by atoms with Crippen molar-refractivity contribution in [1.29, 1.82) is 0 Å². The number of carboxylic acid groups (broad SMARTS) is 1. The fourth-order valence-corrected chi connectivity index (χ4v) is 9.79. The van der Waals surface area contributed by atoms with Crippen molar-refractivity contribution in [1.82, 2.24) is 19.9 Å². The molecular weight excluding hydrogens is 1210 g/mol. The number of nitro groups is 2. The van der Waals surface area contributed by atoms with Gasteiger partial charge >= 0.3 is 5.97 Å². The first-order chi connectivity index (χ1) is 39.5. The molecule has 8 aromatic rings. The highest BCUT2D eigenvalue weighted by Gasteiger charge is 2.17. The predicted molar refractivity (Wildman–Crippen MR) is 321 cm³/mol. The fraction of sp³-hybridized carbons (Fsp3) is 0.132. The number of hydrogen-bond acceptors (Lipinski definition) is 21. The molecular formula is C53H55ClN12O15S4. The van der Waals surface area contributed by atoms with Crippen molar-refractivity contribution >= 4 is 90.3 Å². The lowest BCUT2D eigenvalue weighted by molar-refractivity contribution is -0.385. The monoisotopic (exact) mass is 1260 g/mol. The van der Waals surface area contributed by atoms with Gasteiger partial charge in [-0.3, -0.25) is 25.0 Å². The lowest BCUT2D eigenvalue weighted by Crippen LogP contribution is -2.14. The number of nitrogen functional groups attached to an aromatic ring is 3. The number of Topliss-reactive ketones (excluding diaryl/α,β-unsaturated/α-hetero) is 1. The van der Waals surface area contributed by atoms with Crippen LogP contribution in [0.1, 0.15) is 59.9 Å². The number of carboxylic acids is 1. The molecule has 0 bridgehead atoms. The van der Waals surface area contributed by atoms with E-state index in [0.717, 1.165) is 22.3 Å². The third-order valence-corrected chi connectivity index (χ3v) is 14.1. The summed E-state index contributed by atoms with van der Waals surface area (Å²) >= 11 is 0. The number of ketones is 1. The molecule has 13 N–H and O–H groups in total. The molecule has 0 unspecified atom stereocenters. The zero-order valence-electron chi connectivity index (χ0n) is 44.9. The Morgan fingerprint density at radius 3 is 1.12 bits per heavy atom. The van der Waals surface area contributed by atoms with Crippen LogP contribution in [0.5, 0.6) is 0 Å². The molecule has 8 rings (SSSR count).